The van der Waals surface area contributed by atoms with Crippen molar-refractivity contribution in [2.24, 2.45) is 0 Å². The van der Waals surface area contributed by atoms with Crippen molar-refractivity contribution in [2.75, 3.05) is 20.7 Å². The van der Waals surface area contributed by atoms with Crippen molar-refractivity contribution in [2.45, 2.75) is 32.3 Å². The second kappa shape index (κ2) is 10.1. The number of aromatic nitrogens is 5. The summed E-state index contributed by atoms with van der Waals surface area (Å²) in [6.45, 7) is 0.756. The molecule has 0 saturated carbocycles. The number of ether oxygens (including phenoxy) is 1. The van der Waals surface area contributed by atoms with Gasteiger partial charge in [-0.1, -0.05) is 30.3 Å². The van der Waals surface area contributed by atoms with Crippen molar-refractivity contribution in [1.82, 2.24) is 29.6 Å². The summed E-state index contributed by atoms with van der Waals surface area (Å²) in [5.74, 6) is 0.307. The zero-order valence-corrected chi connectivity index (χ0v) is 20.0. The summed E-state index contributed by atoms with van der Waals surface area (Å²) >= 11 is 0. The molecule has 35 heavy (non-hydrogen) atoms. The molecule has 8 heteroatoms. The highest BCUT2D eigenvalue weighted by atomic mass is 16.5. The predicted octanol–water partition coefficient (Wildman–Crippen LogP) is 3.67. The van der Waals surface area contributed by atoms with Crippen LogP contribution in [0.4, 0.5) is 0 Å². The lowest BCUT2D eigenvalue weighted by Crippen LogP contribution is -2.29. The Morgan fingerprint density at radius 1 is 1.06 bits per heavy atom. The second-order valence-electron chi connectivity index (χ2n) is 8.70. The highest BCUT2D eigenvalue weighted by Gasteiger charge is 2.24. The Kier molecular flexibility index (Phi) is 6.63. The van der Waals surface area contributed by atoms with Gasteiger partial charge in [-0.3, -0.25) is 9.78 Å². The van der Waals surface area contributed by atoms with Gasteiger partial charge in [0.25, 0.3) is 11.9 Å². The molecule has 3 heterocycles. The summed E-state index contributed by atoms with van der Waals surface area (Å²) in [6, 6.07) is 14.2. The molecule has 1 aliphatic rings. The highest BCUT2D eigenvalue weighted by molar-refractivity contribution is 5.95. The minimum absolute atomic E-state index is 0.126. The average molecular weight is 469 g/mol. The van der Waals surface area contributed by atoms with E-state index in [0.29, 0.717) is 30.2 Å². The first kappa shape index (κ1) is 22.9. The summed E-state index contributed by atoms with van der Waals surface area (Å²) in [5.41, 5.74) is 6.54. The minimum Gasteiger partial charge on any atom is -0.378 e. The Balaban J connectivity index is 1.46. The quantitative estimate of drug-likeness (QED) is 0.411. The smallest absolute Gasteiger partial charge is 0.257 e. The minimum atomic E-state index is -0.126. The number of pyridine rings is 1. The number of amides is 1. The topological polar surface area (TPSA) is 86.0 Å². The maximum atomic E-state index is 13.3. The van der Waals surface area contributed by atoms with Crippen LogP contribution in [-0.4, -0.2) is 56.2 Å². The molecule has 178 valence electrons. The molecule has 0 bridgehead atoms. The van der Waals surface area contributed by atoms with E-state index in [2.05, 4.69) is 33.3 Å². The molecular formula is C27H28N6O2. The van der Waals surface area contributed by atoms with Crippen LogP contribution in [0, 0.1) is 0 Å². The van der Waals surface area contributed by atoms with Crippen LogP contribution in [0.1, 0.15) is 39.3 Å². The van der Waals surface area contributed by atoms with Crippen LogP contribution in [0.15, 0.2) is 61.1 Å². The van der Waals surface area contributed by atoms with Gasteiger partial charge in [0.2, 0.25) is 0 Å². The molecule has 4 aromatic rings. The summed E-state index contributed by atoms with van der Waals surface area (Å²) in [5, 5.41) is 4.51. The molecule has 0 radical (unpaired) electrons. The van der Waals surface area contributed by atoms with Crippen LogP contribution in [0.5, 0.6) is 0 Å². The maximum Gasteiger partial charge on any atom is 0.257 e. The lowest BCUT2D eigenvalue weighted by Gasteiger charge is -2.17. The van der Waals surface area contributed by atoms with E-state index in [4.69, 9.17) is 9.72 Å². The molecule has 1 amide bonds. The van der Waals surface area contributed by atoms with Crippen LogP contribution >= 0.6 is 0 Å². The van der Waals surface area contributed by atoms with Gasteiger partial charge in [-0.25, -0.2) is 9.97 Å². The number of carbonyl (C=O) groups excluding carboxylic acids is 1. The van der Waals surface area contributed by atoms with E-state index in [0.717, 1.165) is 41.8 Å². The summed E-state index contributed by atoms with van der Waals surface area (Å²) in [4.78, 5) is 28.9. The van der Waals surface area contributed by atoms with Gasteiger partial charge >= 0.3 is 0 Å². The van der Waals surface area contributed by atoms with E-state index in [1.807, 2.05) is 30.5 Å². The standard InChI is InChI=1S/C27H28N6O2/c1-32(15-13-21-11-5-6-14-28-21)26(34)23-17-30-33(24(23)18-35-2)27-29-16-20-10-7-9-19-8-3-4-12-22(19)25(20)31-27/h3-6,8,11-12,14,16-17H,7,9-10,13,15,18H2,1-2H3. The maximum absolute atomic E-state index is 13.3. The van der Waals surface area contributed by atoms with Crippen molar-refractivity contribution in [3.8, 4) is 17.2 Å². The molecule has 3 aromatic heterocycles. The number of fused-ring (bicyclic) bond motifs is 3. The van der Waals surface area contributed by atoms with Crippen LogP contribution in [0.3, 0.4) is 0 Å². The number of benzene rings is 1. The number of methoxy groups -OCH3 is 1. The predicted molar refractivity (Wildman–Crippen MR) is 132 cm³/mol. The lowest BCUT2D eigenvalue weighted by atomic mass is 10.0. The van der Waals surface area contributed by atoms with Crippen LogP contribution in [-0.2, 0) is 30.6 Å². The Morgan fingerprint density at radius 2 is 1.89 bits per heavy atom. The summed E-state index contributed by atoms with van der Waals surface area (Å²) in [6.07, 6.45) is 8.91. The third-order valence-corrected chi connectivity index (χ3v) is 6.36. The SMILES string of the molecule is COCc1c(C(=O)N(C)CCc2ccccn2)cnn1-c1ncc2c(n1)-c1ccccc1CCC2. The van der Waals surface area contributed by atoms with Crippen molar-refractivity contribution in [3.63, 3.8) is 0 Å². The van der Waals surface area contributed by atoms with E-state index in [1.54, 1.807) is 36.1 Å². The molecule has 0 fully saturated rings. The Labute approximate surface area is 204 Å². The molecule has 1 aliphatic carbocycles. The molecule has 0 N–H and O–H groups in total. The van der Waals surface area contributed by atoms with E-state index in [9.17, 15) is 4.79 Å². The van der Waals surface area contributed by atoms with Gasteiger partial charge in [0.05, 0.1) is 29.8 Å². The van der Waals surface area contributed by atoms with Gasteiger partial charge in [-0.2, -0.15) is 9.78 Å². The molecule has 0 aliphatic heterocycles. The zero-order valence-electron chi connectivity index (χ0n) is 20.0. The number of likely N-dealkylation sites (N-methyl/N-ethyl adjacent to an activating group) is 1. The highest BCUT2D eigenvalue weighted by Crippen LogP contribution is 2.31. The number of aryl methyl sites for hydroxylation is 2. The van der Waals surface area contributed by atoms with Gasteiger partial charge < -0.3 is 9.64 Å². The molecule has 8 nitrogen and oxygen atoms in total. The summed E-state index contributed by atoms with van der Waals surface area (Å²) in [7, 11) is 3.39. The second-order valence-corrected chi connectivity index (χ2v) is 8.70. The van der Waals surface area contributed by atoms with Crippen LogP contribution in [0.2, 0.25) is 0 Å². The molecular weight excluding hydrogens is 440 g/mol. The Hall–Kier alpha value is -3.91. The molecule has 1 aromatic carbocycles. The average Bonchev–Trinajstić information content (AvgIpc) is 3.22. The lowest BCUT2D eigenvalue weighted by molar-refractivity contribution is 0.0791. The van der Waals surface area contributed by atoms with Crippen molar-refractivity contribution in [1.29, 1.82) is 0 Å². The van der Waals surface area contributed by atoms with E-state index < -0.39 is 0 Å². The van der Waals surface area contributed by atoms with Crippen LogP contribution in [0.25, 0.3) is 17.2 Å². The fourth-order valence-corrected chi connectivity index (χ4v) is 4.49. The normalized spacial score (nSPS) is 12.5. The Bertz CT molecular complexity index is 1330. The fourth-order valence-electron chi connectivity index (χ4n) is 4.49. The zero-order chi connectivity index (χ0) is 24.2. The number of rotatable bonds is 7. The first-order valence-electron chi connectivity index (χ1n) is 11.8. The van der Waals surface area contributed by atoms with Gasteiger partial charge in [-0.15, -0.1) is 0 Å². The van der Waals surface area contributed by atoms with E-state index in [1.165, 1.54) is 5.56 Å². The van der Waals surface area contributed by atoms with E-state index >= 15 is 0 Å². The molecule has 0 atom stereocenters. The monoisotopic (exact) mass is 468 g/mol. The number of carbonyl (C=O) groups is 1. The van der Waals surface area contributed by atoms with Crippen molar-refractivity contribution < 1.29 is 9.53 Å². The van der Waals surface area contributed by atoms with Gasteiger partial charge in [0.15, 0.2) is 0 Å². The first-order chi connectivity index (χ1) is 17.2. The van der Waals surface area contributed by atoms with Gasteiger partial charge in [-0.05, 0) is 42.5 Å². The molecule has 0 spiro atoms. The number of nitrogens with zero attached hydrogens (tertiary/aromatic N) is 6. The number of hydrogen-bond acceptors (Lipinski definition) is 6. The fraction of sp³-hybridized carbons (Fsp3) is 0.296. The largest absolute Gasteiger partial charge is 0.378 e. The number of hydrogen-bond donors (Lipinski definition) is 0. The first-order valence-corrected chi connectivity index (χ1v) is 11.8. The Morgan fingerprint density at radius 3 is 2.71 bits per heavy atom. The van der Waals surface area contributed by atoms with E-state index in [-0.39, 0.29) is 12.5 Å². The third-order valence-electron chi connectivity index (χ3n) is 6.36. The van der Waals surface area contributed by atoms with Crippen molar-refractivity contribution >= 4 is 5.91 Å². The van der Waals surface area contributed by atoms with Crippen molar-refractivity contribution in [3.05, 3.63) is 89.1 Å². The molecule has 0 saturated heterocycles. The van der Waals surface area contributed by atoms with Gasteiger partial charge in [0.1, 0.15) is 0 Å². The van der Waals surface area contributed by atoms with Gasteiger partial charge in [0, 0.05) is 50.8 Å². The molecule has 0 unspecified atom stereocenters. The summed E-state index contributed by atoms with van der Waals surface area (Å²) < 4.78 is 7.06. The van der Waals surface area contributed by atoms with Crippen LogP contribution < -0.4 is 0 Å². The third kappa shape index (κ3) is 4.70. The molecule has 5 rings (SSSR count).